The van der Waals surface area contributed by atoms with Crippen molar-refractivity contribution >= 4 is 39.9 Å². The number of benzene rings is 2. The number of nitrogens with one attached hydrogen (secondary N) is 2. The molecular formula is C18H19F2IN2O3. The van der Waals surface area contributed by atoms with E-state index in [1.165, 1.54) is 18.2 Å². The highest BCUT2D eigenvalue weighted by molar-refractivity contribution is 14.1. The van der Waals surface area contributed by atoms with Gasteiger partial charge in [-0.1, -0.05) is 6.92 Å². The number of hydroxylamine groups is 1. The molecule has 8 heteroatoms. The Morgan fingerprint density at radius 1 is 1.23 bits per heavy atom. The number of hydrogen-bond donors (Lipinski definition) is 3. The number of aliphatic hydroxyl groups excluding tert-OH is 1. The molecule has 2 aromatic carbocycles. The van der Waals surface area contributed by atoms with Crippen LogP contribution in [0.3, 0.4) is 0 Å². The van der Waals surface area contributed by atoms with Gasteiger partial charge in [-0.3, -0.25) is 9.63 Å². The zero-order valence-electron chi connectivity index (χ0n) is 14.1. The van der Waals surface area contributed by atoms with Crippen LogP contribution in [0.5, 0.6) is 0 Å². The van der Waals surface area contributed by atoms with E-state index in [4.69, 9.17) is 4.84 Å². The molecular weight excluding hydrogens is 457 g/mol. The Morgan fingerprint density at radius 2 is 2.00 bits per heavy atom. The maximum atomic E-state index is 14.0. The molecule has 0 aliphatic rings. The quantitative estimate of drug-likeness (QED) is 0.305. The summed E-state index contributed by atoms with van der Waals surface area (Å²) in [4.78, 5) is 17.3. The topological polar surface area (TPSA) is 70.6 Å². The second-order valence-corrected chi connectivity index (χ2v) is 6.82. The summed E-state index contributed by atoms with van der Waals surface area (Å²) in [5.41, 5.74) is 2.57. The van der Waals surface area contributed by atoms with Gasteiger partial charge in [0, 0.05) is 3.57 Å². The molecule has 1 amide bonds. The largest absolute Gasteiger partial charge is 0.393 e. The first-order chi connectivity index (χ1) is 12.4. The maximum Gasteiger partial charge on any atom is 0.276 e. The standard InChI is InChI=1S/C18H19F2IN2O3/c1-2-13(24)7-8-26-23-18(25)14-5-3-11(19)9-17(14)22-16-6-4-12(21)10-15(16)20/h3-6,9-10,13,22,24H,2,7-8H2,1H3,(H,23,25). The summed E-state index contributed by atoms with van der Waals surface area (Å²) in [5, 5.41) is 12.2. The lowest BCUT2D eigenvalue weighted by molar-refractivity contribution is 0.0161. The minimum atomic E-state index is -0.607. The van der Waals surface area contributed by atoms with E-state index in [0.717, 1.165) is 12.1 Å². The molecule has 5 nitrogen and oxygen atoms in total. The van der Waals surface area contributed by atoms with Gasteiger partial charge in [0.15, 0.2) is 0 Å². The normalized spacial score (nSPS) is 11.9. The first kappa shape index (κ1) is 20.5. The number of aliphatic hydroxyl groups is 1. The fraction of sp³-hybridized carbons (Fsp3) is 0.278. The molecule has 0 radical (unpaired) electrons. The Hall–Kier alpha value is -1.78. The molecule has 0 spiro atoms. The molecule has 3 N–H and O–H groups in total. The molecule has 26 heavy (non-hydrogen) atoms. The Bertz CT molecular complexity index is 774. The van der Waals surface area contributed by atoms with Gasteiger partial charge in [0.1, 0.15) is 11.6 Å². The Kier molecular flexibility index (Phi) is 7.73. The second-order valence-electron chi connectivity index (χ2n) is 5.57. The number of hydrogen-bond acceptors (Lipinski definition) is 4. The zero-order chi connectivity index (χ0) is 19.1. The van der Waals surface area contributed by atoms with Crippen LogP contribution in [0.15, 0.2) is 36.4 Å². The Labute approximate surface area is 163 Å². The molecule has 0 saturated heterocycles. The van der Waals surface area contributed by atoms with Crippen LogP contribution in [0.4, 0.5) is 20.2 Å². The SMILES string of the molecule is CCC(O)CCONC(=O)c1ccc(F)cc1Nc1ccc(I)cc1F. The molecule has 0 fully saturated rings. The average molecular weight is 476 g/mol. The van der Waals surface area contributed by atoms with Gasteiger partial charge in [0.05, 0.1) is 29.6 Å². The van der Waals surface area contributed by atoms with Crippen molar-refractivity contribution < 1.29 is 23.5 Å². The van der Waals surface area contributed by atoms with Crippen molar-refractivity contribution in [2.24, 2.45) is 0 Å². The van der Waals surface area contributed by atoms with Gasteiger partial charge in [0.2, 0.25) is 0 Å². The number of halogens is 3. The molecule has 0 aliphatic heterocycles. The summed E-state index contributed by atoms with van der Waals surface area (Å²) >= 11 is 1.98. The van der Waals surface area contributed by atoms with Crippen LogP contribution >= 0.6 is 22.6 Å². The summed E-state index contributed by atoms with van der Waals surface area (Å²) < 4.78 is 28.3. The van der Waals surface area contributed by atoms with Crippen molar-refractivity contribution in [3.05, 3.63) is 57.2 Å². The number of carbonyl (C=O) groups excluding carboxylic acids is 1. The molecule has 2 rings (SSSR count). The number of carbonyl (C=O) groups is 1. The summed E-state index contributed by atoms with van der Waals surface area (Å²) in [5.74, 6) is -1.69. The van der Waals surface area contributed by atoms with Crippen LogP contribution < -0.4 is 10.8 Å². The van der Waals surface area contributed by atoms with Crippen molar-refractivity contribution in [1.82, 2.24) is 5.48 Å². The van der Waals surface area contributed by atoms with Crippen molar-refractivity contribution in [3.63, 3.8) is 0 Å². The van der Waals surface area contributed by atoms with Crippen LogP contribution in [0.25, 0.3) is 0 Å². The third-order valence-corrected chi connectivity index (χ3v) is 4.29. The Balaban J connectivity index is 2.10. The fourth-order valence-electron chi connectivity index (χ4n) is 2.12. The van der Waals surface area contributed by atoms with Gasteiger partial charge < -0.3 is 10.4 Å². The lowest BCUT2D eigenvalue weighted by Crippen LogP contribution is -2.26. The second kappa shape index (κ2) is 9.79. The molecule has 2 aromatic rings. The highest BCUT2D eigenvalue weighted by Gasteiger charge is 2.14. The van der Waals surface area contributed by atoms with Crippen LogP contribution in [0, 0.1) is 15.2 Å². The highest BCUT2D eigenvalue weighted by Crippen LogP contribution is 2.25. The summed E-state index contributed by atoms with van der Waals surface area (Å²) in [7, 11) is 0. The van der Waals surface area contributed by atoms with E-state index < -0.39 is 23.6 Å². The average Bonchev–Trinajstić information content (AvgIpc) is 2.60. The fourth-order valence-corrected chi connectivity index (χ4v) is 2.58. The minimum absolute atomic E-state index is 0.0976. The van der Waals surface area contributed by atoms with Crippen molar-refractivity contribution in [2.75, 3.05) is 11.9 Å². The lowest BCUT2D eigenvalue weighted by Gasteiger charge is -2.14. The minimum Gasteiger partial charge on any atom is -0.393 e. The first-order valence-electron chi connectivity index (χ1n) is 8.02. The number of rotatable bonds is 8. The molecule has 0 aliphatic carbocycles. The smallest absolute Gasteiger partial charge is 0.276 e. The third kappa shape index (κ3) is 5.89. The molecule has 0 heterocycles. The van der Waals surface area contributed by atoms with Gasteiger partial charge in [-0.05, 0) is 71.8 Å². The Morgan fingerprint density at radius 3 is 2.69 bits per heavy atom. The predicted molar refractivity (Wildman–Crippen MR) is 103 cm³/mol. The third-order valence-electron chi connectivity index (χ3n) is 3.62. The molecule has 1 atom stereocenters. The first-order valence-corrected chi connectivity index (χ1v) is 9.10. The van der Waals surface area contributed by atoms with Crippen LogP contribution in [-0.4, -0.2) is 23.7 Å². The number of amides is 1. The molecule has 0 saturated carbocycles. The molecule has 0 bridgehead atoms. The maximum absolute atomic E-state index is 14.0. The van der Waals surface area contributed by atoms with Crippen LogP contribution in [0.1, 0.15) is 30.1 Å². The van der Waals surface area contributed by atoms with Crippen LogP contribution in [-0.2, 0) is 4.84 Å². The van der Waals surface area contributed by atoms with Crippen molar-refractivity contribution in [3.8, 4) is 0 Å². The van der Waals surface area contributed by atoms with E-state index in [-0.39, 0.29) is 23.5 Å². The van der Waals surface area contributed by atoms with Crippen molar-refractivity contribution in [1.29, 1.82) is 0 Å². The van der Waals surface area contributed by atoms with E-state index in [0.29, 0.717) is 16.4 Å². The van der Waals surface area contributed by atoms with Gasteiger partial charge in [-0.2, -0.15) is 0 Å². The lowest BCUT2D eigenvalue weighted by atomic mass is 10.1. The van der Waals surface area contributed by atoms with Crippen molar-refractivity contribution in [2.45, 2.75) is 25.9 Å². The molecule has 0 aromatic heterocycles. The highest BCUT2D eigenvalue weighted by atomic mass is 127. The summed E-state index contributed by atoms with van der Waals surface area (Å²) in [6.45, 7) is 1.97. The van der Waals surface area contributed by atoms with E-state index in [1.807, 2.05) is 29.5 Å². The van der Waals surface area contributed by atoms with Crippen LogP contribution in [0.2, 0.25) is 0 Å². The summed E-state index contributed by atoms with van der Waals surface area (Å²) in [6.07, 6.45) is 0.461. The van der Waals surface area contributed by atoms with Gasteiger partial charge >= 0.3 is 0 Å². The van der Waals surface area contributed by atoms with E-state index in [1.54, 1.807) is 6.07 Å². The molecule has 140 valence electrons. The number of anilines is 2. The van der Waals surface area contributed by atoms with Gasteiger partial charge in [-0.25, -0.2) is 14.3 Å². The van der Waals surface area contributed by atoms with E-state index in [2.05, 4.69) is 10.8 Å². The van der Waals surface area contributed by atoms with Gasteiger partial charge in [-0.15, -0.1) is 0 Å². The van der Waals surface area contributed by atoms with Gasteiger partial charge in [0.25, 0.3) is 5.91 Å². The predicted octanol–water partition coefficient (Wildman–Crippen LogP) is 4.14. The summed E-state index contributed by atoms with van der Waals surface area (Å²) in [6, 6.07) is 8.03. The van der Waals surface area contributed by atoms with E-state index >= 15 is 0 Å². The molecule has 1 unspecified atom stereocenters. The zero-order valence-corrected chi connectivity index (χ0v) is 16.2. The monoisotopic (exact) mass is 476 g/mol. The van der Waals surface area contributed by atoms with E-state index in [9.17, 15) is 18.7 Å².